The van der Waals surface area contributed by atoms with Crippen LogP contribution in [0.5, 0.6) is 0 Å². The molecule has 0 radical (unpaired) electrons. The number of anilines is 1. The molecular weight excluding hydrogens is 360 g/mol. The van der Waals surface area contributed by atoms with Crippen molar-refractivity contribution >= 4 is 43.0 Å². The Morgan fingerprint density at radius 3 is 2.80 bits per heavy atom. The normalized spacial score (nSPS) is 11.6. The van der Waals surface area contributed by atoms with E-state index in [1.807, 2.05) is 25.4 Å². The molecule has 0 spiro atoms. The summed E-state index contributed by atoms with van der Waals surface area (Å²) in [5, 5.41) is 4.85. The number of thiophene rings is 1. The second-order valence-corrected chi connectivity index (χ2v) is 8.00. The van der Waals surface area contributed by atoms with Crippen LogP contribution in [0.1, 0.15) is 11.1 Å². The van der Waals surface area contributed by atoms with Gasteiger partial charge in [0.1, 0.15) is 4.21 Å². The standard InChI is InChI=1S/C13H15BrN2O2S2/c1-9-11(14)4-3-5-12(9)16-20(17,18)13-6-10(7-15-2)8-19-13/h3-6,8,15-16H,7H2,1-2H3. The fourth-order valence-electron chi connectivity index (χ4n) is 1.70. The molecule has 4 nitrogen and oxygen atoms in total. The molecule has 2 N–H and O–H groups in total. The van der Waals surface area contributed by atoms with Gasteiger partial charge in [-0.3, -0.25) is 4.72 Å². The van der Waals surface area contributed by atoms with Crippen LogP contribution in [0.2, 0.25) is 0 Å². The summed E-state index contributed by atoms with van der Waals surface area (Å²) in [5.41, 5.74) is 2.41. The first-order valence-corrected chi connectivity index (χ1v) is 9.09. The predicted octanol–water partition coefficient (Wildman–Crippen LogP) is 3.34. The van der Waals surface area contributed by atoms with Crippen molar-refractivity contribution in [3.05, 3.63) is 45.2 Å². The molecule has 0 unspecified atom stereocenters. The molecule has 1 aromatic heterocycles. The number of nitrogens with one attached hydrogen (secondary N) is 2. The van der Waals surface area contributed by atoms with Crippen molar-refractivity contribution in [2.45, 2.75) is 17.7 Å². The van der Waals surface area contributed by atoms with Gasteiger partial charge in [-0.15, -0.1) is 11.3 Å². The van der Waals surface area contributed by atoms with Crippen molar-refractivity contribution in [1.29, 1.82) is 0 Å². The van der Waals surface area contributed by atoms with Crippen LogP contribution in [-0.4, -0.2) is 15.5 Å². The Hall–Kier alpha value is -0.890. The van der Waals surface area contributed by atoms with Crippen LogP contribution < -0.4 is 10.0 Å². The fraction of sp³-hybridized carbons (Fsp3) is 0.231. The van der Waals surface area contributed by atoms with Gasteiger partial charge in [-0.05, 0) is 48.7 Å². The third-order valence-corrected chi connectivity index (χ3v) is 6.50. The Balaban J connectivity index is 2.28. The Bertz CT molecular complexity index is 711. The molecule has 0 saturated carbocycles. The maximum absolute atomic E-state index is 12.3. The molecule has 1 heterocycles. The first-order chi connectivity index (χ1) is 9.44. The molecule has 108 valence electrons. The molecule has 0 aliphatic carbocycles. The molecule has 2 aromatic rings. The van der Waals surface area contributed by atoms with Crippen LogP contribution in [0.15, 0.2) is 38.3 Å². The summed E-state index contributed by atoms with van der Waals surface area (Å²) in [4.78, 5) is 0. The van der Waals surface area contributed by atoms with Gasteiger partial charge in [0.2, 0.25) is 0 Å². The van der Waals surface area contributed by atoms with Crippen LogP contribution in [0.4, 0.5) is 5.69 Å². The summed E-state index contributed by atoms with van der Waals surface area (Å²) in [7, 11) is -1.70. The highest BCUT2D eigenvalue weighted by molar-refractivity contribution is 9.10. The highest BCUT2D eigenvalue weighted by atomic mass is 79.9. The maximum atomic E-state index is 12.3. The number of hydrogen-bond acceptors (Lipinski definition) is 4. The minimum absolute atomic E-state index is 0.321. The van der Waals surface area contributed by atoms with Gasteiger partial charge in [0.15, 0.2) is 0 Å². The third-order valence-electron chi connectivity index (χ3n) is 2.79. The van der Waals surface area contributed by atoms with Gasteiger partial charge < -0.3 is 5.32 Å². The zero-order valence-electron chi connectivity index (χ0n) is 11.1. The van der Waals surface area contributed by atoms with Gasteiger partial charge in [0.05, 0.1) is 5.69 Å². The third kappa shape index (κ3) is 3.41. The summed E-state index contributed by atoms with van der Waals surface area (Å²) in [6, 6.07) is 7.12. The number of hydrogen-bond donors (Lipinski definition) is 2. The SMILES string of the molecule is CNCc1csc(S(=O)(=O)Nc2cccc(Br)c2C)c1. The van der Waals surface area contributed by atoms with Gasteiger partial charge in [-0.2, -0.15) is 0 Å². The van der Waals surface area contributed by atoms with E-state index in [0.717, 1.165) is 15.6 Å². The Labute approximate surface area is 131 Å². The molecule has 0 bridgehead atoms. The average Bonchev–Trinajstić information content (AvgIpc) is 2.85. The quantitative estimate of drug-likeness (QED) is 0.843. The fourth-order valence-corrected chi connectivity index (χ4v) is 4.40. The molecule has 0 aliphatic heterocycles. The van der Waals surface area contributed by atoms with Gasteiger partial charge in [-0.1, -0.05) is 22.0 Å². The first kappa shape index (κ1) is 15.5. The van der Waals surface area contributed by atoms with E-state index in [4.69, 9.17) is 0 Å². The summed E-state index contributed by atoms with van der Waals surface area (Å²) >= 11 is 4.62. The molecule has 2 rings (SSSR count). The highest BCUT2D eigenvalue weighted by Gasteiger charge is 2.18. The maximum Gasteiger partial charge on any atom is 0.271 e. The summed E-state index contributed by atoms with van der Waals surface area (Å²) in [6.45, 7) is 2.52. The van der Waals surface area contributed by atoms with Crippen LogP contribution in [-0.2, 0) is 16.6 Å². The molecule has 1 aromatic carbocycles. The van der Waals surface area contributed by atoms with Crippen LogP contribution in [0.25, 0.3) is 0 Å². The van der Waals surface area contributed by atoms with E-state index in [-0.39, 0.29) is 0 Å². The molecule has 0 saturated heterocycles. The molecule has 0 aliphatic rings. The van der Waals surface area contributed by atoms with E-state index in [2.05, 4.69) is 26.0 Å². The molecule has 0 atom stereocenters. The van der Waals surface area contributed by atoms with Crippen molar-refractivity contribution in [3.63, 3.8) is 0 Å². The van der Waals surface area contributed by atoms with Crippen LogP contribution in [0, 0.1) is 6.92 Å². The largest absolute Gasteiger partial charge is 0.316 e. The number of rotatable bonds is 5. The molecule has 20 heavy (non-hydrogen) atoms. The molecule has 0 amide bonds. The lowest BCUT2D eigenvalue weighted by Gasteiger charge is -2.10. The van der Waals surface area contributed by atoms with Gasteiger partial charge in [0, 0.05) is 11.0 Å². The van der Waals surface area contributed by atoms with Gasteiger partial charge in [0.25, 0.3) is 10.0 Å². The first-order valence-electron chi connectivity index (χ1n) is 5.94. The van der Waals surface area contributed by atoms with E-state index in [9.17, 15) is 8.42 Å². The van der Waals surface area contributed by atoms with Crippen LogP contribution in [0.3, 0.4) is 0 Å². The minimum Gasteiger partial charge on any atom is -0.316 e. The molecule has 7 heteroatoms. The second-order valence-electron chi connectivity index (χ2n) is 4.32. The molecule has 0 fully saturated rings. The minimum atomic E-state index is -3.53. The van der Waals surface area contributed by atoms with Gasteiger partial charge >= 0.3 is 0 Å². The summed E-state index contributed by atoms with van der Waals surface area (Å²) in [6.07, 6.45) is 0. The number of sulfonamides is 1. The predicted molar refractivity (Wildman–Crippen MR) is 86.8 cm³/mol. The van der Waals surface area contributed by atoms with E-state index in [1.54, 1.807) is 18.2 Å². The summed E-state index contributed by atoms with van der Waals surface area (Å²) in [5.74, 6) is 0. The van der Waals surface area contributed by atoms with E-state index >= 15 is 0 Å². The number of benzene rings is 1. The van der Waals surface area contributed by atoms with Crippen molar-refractivity contribution in [2.75, 3.05) is 11.8 Å². The zero-order valence-corrected chi connectivity index (χ0v) is 14.3. The monoisotopic (exact) mass is 374 g/mol. The molecular formula is C13H15BrN2O2S2. The van der Waals surface area contributed by atoms with E-state index < -0.39 is 10.0 Å². The van der Waals surface area contributed by atoms with Gasteiger partial charge in [-0.25, -0.2) is 8.42 Å². The smallest absolute Gasteiger partial charge is 0.271 e. The van der Waals surface area contributed by atoms with E-state index in [1.165, 1.54) is 11.3 Å². The topological polar surface area (TPSA) is 58.2 Å². The van der Waals surface area contributed by atoms with Crippen molar-refractivity contribution in [3.8, 4) is 0 Å². The Kier molecular flexibility index (Phi) is 4.85. The summed E-state index contributed by atoms with van der Waals surface area (Å²) < 4.78 is 28.5. The van der Waals surface area contributed by atoms with Crippen LogP contribution >= 0.6 is 27.3 Å². The average molecular weight is 375 g/mol. The van der Waals surface area contributed by atoms with Crippen molar-refractivity contribution in [1.82, 2.24) is 5.32 Å². The second kappa shape index (κ2) is 6.26. The van der Waals surface area contributed by atoms with E-state index in [0.29, 0.717) is 16.4 Å². The lowest BCUT2D eigenvalue weighted by molar-refractivity contribution is 0.603. The van der Waals surface area contributed by atoms with Crippen molar-refractivity contribution < 1.29 is 8.42 Å². The Morgan fingerprint density at radius 1 is 1.35 bits per heavy atom. The number of halogens is 1. The zero-order chi connectivity index (χ0) is 14.8. The van der Waals surface area contributed by atoms with Crippen molar-refractivity contribution in [2.24, 2.45) is 0 Å². The lowest BCUT2D eigenvalue weighted by atomic mass is 10.2. The highest BCUT2D eigenvalue weighted by Crippen LogP contribution is 2.27. The Morgan fingerprint density at radius 2 is 2.10 bits per heavy atom. The lowest BCUT2D eigenvalue weighted by Crippen LogP contribution is -2.12.